The fraction of sp³-hybridized carbons (Fsp3) is 0.423. The van der Waals surface area contributed by atoms with E-state index in [4.69, 9.17) is 9.15 Å². The Bertz CT molecular complexity index is 1160. The Morgan fingerprint density at radius 2 is 1.89 bits per heavy atom. The highest BCUT2D eigenvalue weighted by Gasteiger charge is 2.24. The van der Waals surface area contributed by atoms with Crippen molar-refractivity contribution < 1.29 is 13.5 Å². The summed E-state index contributed by atoms with van der Waals surface area (Å²) in [4.78, 5) is 5.92. The molecule has 0 spiro atoms. The second kappa shape index (κ2) is 11.4. The van der Waals surface area contributed by atoms with Crippen molar-refractivity contribution in [1.29, 1.82) is 0 Å². The fourth-order valence-corrected chi connectivity index (χ4v) is 5.02. The van der Waals surface area contributed by atoms with Gasteiger partial charge in [0.2, 0.25) is 17.7 Å². The van der Waals surface area contributed by atoms with Crippen LogP contribution >= 0.6 is 15.9 Å². The predicted molar refractivity (Wildman–Crippen MR) is 137 cm³/mol. The van der Waals surface area contributed by atoms with Crippen molar-refractivity contribution in [3.8, 4) is 22.9 Å². The van der Waals surface area contributed by atoms with Crippen molar-refractivity contribution in [1.82, 2.24) is 20.5 Å². The van der Waals surface area contributed by atoms with Gasteiger partial charge in [0.05, 0.1) is 24.0 Å². The number of benzene rings is 1. The first-order chi connectivity index (χ1) is 17.2. The van der Waals surface area contributed by atoms with E-state index in [1.54, 1.807) is 6.07 Å². The van der Waals surface area contributed by atoms with E-state index in [0.717, 1.165) is 54.7 Å². The maximum absolute atomic E-state index is 13.5. The largest absolute Gasteiger partial charge is 0.416 e. The van der Waals surface area contributed by atoms with Gasteiger partial charge in [-0.1, -0.05) is 28.1 Å². The number of allylic oxidation sites excluding steroid dienone is 1. The minimum absolute atomic E-state index is 0.260. The van der Waals surface area contributed by atoms with Crippen LogP contribution in [-0.4, -0.2) is 54.1 Å². The maximum atomic E-state index is 13.5. The van der Waals surface area contributed by atoms with Crippen molar-refractivity contribution in [2.45, 2.75) is 31.8 Å². The molecule has 2 aliphatic rings. The van der Waals surface area contributed by atoms with Crippen LogP contribution in [0.1, 0.15) is 25.7 Å². The van der Waals surface area contributed by atoms with Crippen molar-refractivity contribution in [2.24, 2.45) is 5.92 Å². The van der Waals surface area contributed by atoms with Crippen LogP contribution in [0.25, 0.3) is 22.9 Å². The number of pyridine rings is 1. The number of hydrogen-bond donors (Lipinski definition) is 1. The van der Waals surface area contributed by atoms with Crippen molar-refractivity contribution >= 4 is 21.6 Å². The number of halogens is 2. The number of piperidine rings is 2. The van der Waals surface area contributed by atoms with Gasteiger partial charge in [-0.2, -0.15) is 4.39 Å². The topological polar surface area (TPSA) is 76.3 Å². The highest BCUT2D eigenvalue weighted by atomic mass is 79.9. The zero-order valence-electron chi connectivity index (χ0n) is 19.5. The molecule has 0 unspecified atom stereocenters. The molecule has 0 saturated carbocycles. The minimum Gasteiger partial charge on any atom is -0.416 e. The molecular formula is C26H29BrFN5O2. The Morgan fingerprint density at radius 3 is 2.69 bits per heavy atom. The number of rotatable bonds is 7. The monoisotopic (exact) mass is 541 g/mol. The molecule has 2 aromatic heterocycles. The van der Waals surface area contributed by atoms with Gasteiger partial charge in [0, 0.05) is 35.4 Å². The Morgan fingerprint density at radius 1 is 1.09 bits per heavy atom. The normalized spacial score (nSPS) is 17.9. The highest BCUT2D eigenvalue weighted by molar-refractivity contribution is 9.10. The Labute approximate surface area is 212 Å². The van der Waals surface area contributed by atoms with Gasteiger partial charge >= 0.3 is 0 Å². The average Bonchev–Trinajstić information content (AvgIpc) is 3.38. The van der Waals surface area contributed by atoms with E-state index in [0.29, 0.717) is 24.0 Å². The summed E-state index contributed by atoms with van der Waals surface area (Å²) < 4.78 is 26.6. The lowest BCUT2D eigenvalue weighted by Gasteiger charge is -2.34. The summed E-state index contributed by atoms with van der Waals surface area (Å²) >= 11 is 3.59. The standard InChI is InChI=1S/C26H29BrFN5O2/c27-20-3-4-22(26-32-31-25(35-26)19-7-12-30-24(28)16-19)23(17-20)33-13-8-21(9-14-33)34-15-1-2-18-5-10-29-11-6-18/h1-4,7,12,16-18,21,29H,5-6,8-11,13-15H2/b2-1-. The average molecular weight is 542 g/mol. The van der Waals surface area contributed by atoms with Crippen LogP contribution in [0.5, 0.6) is 0 Å². The van der Waals surface area contributed by atoms with Crippen LogP contribution < -0.4 is 10.2 Å². The Balaban J connectivity index is 1.22. The molecule has 1 N–H and O–H groups in total. The fourth-order valence-electron chi connectivity index (χ4n) is 4.67. The van der Waals surface area contributed by atoms with E-state index in [1.165, 1.54) is 25.1 Å². The summed E-state index contributed by atoms with van der Waals surface area (Å²) in [5.41, 5.74) is 2.38. The molecule has 35 heavy (non-hydrogen) atoms. The molecule has 0 bridgehead atoms. The van der Waals surface area contributed by atoms with E-state index in [-0.39, 0.29) is 12.0 Å². The first kappa shape index (κ1) is 24.1. The summed E-state index contributed by atoms with van der Waals surface area (Å²) in [6, 6.07) is 8.94. The molecule has 1 aromatic carbocycles. The van der Waals surface area contributed by atoms with E-state index < -0.39 is 5.95 Å². The predicted octanol–water partition coefficient (Wildman–Crippen LogP) is 5.24. The first-order valence-electron chi connectivity index (χ1n) is 12.1. The summed E-state index contributed by atoms with van der Waals surface area (Å²) in [5, 5.41) is 11.8. The lowest BCUT2D eigenvalue weighted by Crippen LogP contribution is -2.37. The molecule has 0 radical (unpaired) electrons. The van der Waals surface area contributed by atoms with E-state index in [9.17, 15) is 4.39 Å². The Kier molecular flexibility index (Phi) is 7.85. The molecule has 9 heteroatoms. The number of hydrogen-bond acceptors (Lipinski definition) is 7. The Hall–Kier alpha value is -2.62. The minimum atomic E-state index is -0.585. The van der Waals surface area contributed by atoms with E-state index in [2.05, 4.69) is 59.5 Å². The molecule has 2 aliphatic heterocycles. The van der Waals surface area contributed by atoms with Gasteiger partial charge in [0.25, 0.3) is 0 Å². The van der Waals surface area contributed by atoms with Crippen molar-refractivity contribution in [2.75, 3.05) is 37.7 Å². The highest BCUT2D eigenvalue weighted by Crippen LogP contribution is 2.35. The van der Waals surface area contributed by atoms with Crippen LogP contribution in [0.3, 0.4) is 0 Å². The maximum Gasteiger partial charge on any atom is 0.250 e. The van der Waals surface area contributed by atoms with Gasteiger partial charge in [-0.25, -0.2) is 4.98 Å². The zero-order valence-corrected chi connectivity index (χ0v) is 21.1. The van der Waals surface area contributed by atoms with Gasteiger partial charge in [-0.3, -0.25) is 0 Å². The quantitative estimate of drug-likeness (QED) is 0.323. The SMILES string of the molecule is Fc1cc(-c2nnc(-c3ccc(Br)cc3N3CCC(OC/C=C\C4CCNCC4)CC3)o2)ccn1. The zero-order chi connectivity index (χ0) is 24.0. The number of aromatic nitrogens is 3. The summed E-state index contributed by atoms with van der Waals surface area (Å²) in [6.45, 7) is 4.65. The molecule has 2 saturated heterocycles. The van der Waals surface area contributed by atoms with Crippen molar-refractivity contribution in [3.05, 3.63) is 59.1 Å². The molecule has 3 aromatic rings. The third-order valence-corrected chi connectivity index (χ3v) is 7.08. The van der Waals surface area contributed by atoms with Gasteiger partial charge in [-0.15, -0.1) is 10.2 Å². The van der Waals surface area contributed by atoms with E-state index in [1.807, 2.05) is 12.1 Å². The van der Waals surface area contributed by atoms with Gasteiger partial charge in [0.1, 0.15) is 0 Å². The molecule has 0 atom stereocenters. The third kappa shape index (κ3) is 6.15. The molecule has 5 rings (SSSR count). The molecule has 7 nitrogen and oxygen atoms in total. The summed E-state index contributed by atoms with van der Waals surface area (Å²) in [6.07, 6.45) is 10.5. The molecule has 0 amide bonds. The molecule has 4 heterocycles. The summed E-state index contributed by atoms with van der Waals surface area (Å²) in [7, 11) is 0. The van der Waals surface area contributed by atoms with Crippen LogP contribution in [0.4, 0.5) is 10.1 Å². The number of anilines is 1. The number of nitrogens with one attached hydrogen (secondary N) is 1. The lowest BCUT2D eigenvalue weighted by molar-refractivity contribution is 0.0560. The number of ether oxygens (including phenoxy) is 1. The number of nitrogens with zero attached hydrogens (tertiary/aromatic N) is 4. The molecular weight excluding hydrogens is 513 g/mol. The lowest BCUT2D eigenvalue weighted by atomic mass is 9.98. The van der Waals surface area contributed by atoms with Crippen LogP contribution in [-0.2, 0) is 4.74 Å². The first-order valence-corrected chi connectivity index (χ1v) is 12.9. The van der Waals surface area contributed by atoms with Gasteiger partial charge in [0.15, 0.2) is 0 Å². The summed E-state index contributed by atoms with van der Waals surface area (Å²) in [5.74, 6) is 0.763. The smallest absolute Gasteiger partial charge is 0.250 e. The van der Waals surface area contributed by atoms with Crippen LogP contribution in [0, 0.1) is 11.9 Å². The van der Waals surface area contributed by atoms with Crippen molar-refractivity contribution in [3.63, 3.8) is 0 Å². The molecule has 0 aliphatic carbocycles. The van der Waals surface area contributed by atoms with Gasteiger partial charge < -0.3 is 19.4 Å². The van der Waals surface area contributed by atoms with Crippen LogP contribution in [0.2, 0.25) is 0 Å². The van der Waals surface area contributed by atoms with E-state index >= 15 is 0 Å². The van der Waals surface area contributed by atoms with Crippen LogP contribution in [0.15, 0.2) is 57.6 Å². The molecule has 2 fully saturated rings. The second-order valence-corrected chi connectivity index (χ2v) is 9.89. The van der Waals surface area contributed by atoms with Gasteiger partial charge in [-0.05, 0) is 69.0 Å². The third-order valence-electron chi connectivity index (χ3n) is 6.59. The molecule has 184 valence electrons. The second-order valence-electron chi connectivity index (χ2n) is 8.98.